The van der Waals surface area contributed by atoms with Crippen LogP contribution in [0.3, 0.4) is 0 Å². The topological polar surface area (TPSA) is 72.1 Å². The van der Waals surface area contributed by atoms with E-state index in [4.69, 9.17) is 5.26 Å². The maximum absolute atomic E-state index is 11.4. The number of hydrogen-bond donors (Lipinski definition) is 0. The van der Waals surface area contributed by atoms with Crippen LogP contribution < -0.4 is 5.56 Å². The van der Waals surface area contributed by atoms with Crippen LogP contribution in [0.5, 0.6) is 0 Å². The van der Waals surface area contributed by atoms with Crippen LogP contribution in [0.15, 0.2) is 17.1 Å². The first-order chi connectivity index (χ1) is 6.60. The Morgan fingerprint density at radius 2 is 2.29 bits per heavy atom. The molecular formula is C9H8N2O3. The first-order valence-corrected chi connectivity index (χ1v) is 3.79. The Morgan fingerprint density at radius 1 is 1.64 bits per heavy atom. The molecule has 14 heavy (non-hydrogen) atoms. The van der Waals surface area contributed by atoms with E-state index in [-0.39, 0.29) is 11.1 Å². The number of aryl methyl sites for hydroxylation is 1. The van der Waals surface area contributed by atoms with E-state index in [0.717, 1.165) is 0 Å². The fourth-order valence-corrected chi connectivity index (χ4v) is 1.03. The van der Waals surface area contributed by atoms with Crippen molar-refractivity contribution in [3.05, 3.63) is 33.7 Å². The number of esters is 1. The minimum atomic E-state index is -0.734. The summed E-state index contributed by atoms with van der Waals surface area (Å²) in [6, 6.07) is 3.06. The monoisotopic (exact) mass is 192 g/mol. The average Bonchev–Trinajstić information content (AvgIpc) is 2.20. The van der Waals surface area contributed by atoms with Crippen LogP contribution in [-0.4, -0.2) is 17.6 Å². The summed E-state index contributed by atoms with van der Waals surface area (Å²) in [4.78, 5) is 22.5. The zero-order valence-corrected chi connectivity index (χ0v) is 7.77. The van der Waals surface area contributed by atoms with Crippen LogP contribution in [0.1, 0.15) is 15.9 Å². The van der Waals surface area contributed by atoms with E-state index in [2.05, 4.69) is 4.74 Å². The molecule has 1 heterocycles. The molecule has 0 amide bonds. The number of pyridine rings is 1. The number of ether oxygens (including phenoxy) is 1. The summed E-state index contributed by atoms with van der Waals surface area (Å²) in [5.74, 6) is -0.734. The highest BCUT2D eigenvalue weighted by molar-refractivity contribution is 5.89. The van der Waals surface area contributed by atoms with Crippen molar-refractivity contribution in [1.29, 1.82) is 5.26 Å². The van der Waals surface area contributed by atoms with E-state index in [1.54, 1.807) is 0 Å². The van der Waals surface area contributed by atoms with Crippen molar-refractivity contribution < 1.29 is 9.53 Å². The summed E-state index contributed by atoms with van der Waals surface area (Å²) in [5.41, 5.74) is -0.364. The second kappa shape index (κ2) is 3.75. The fraction of sp³-hybridized carbons (Fsp3) is 0.222. The quantitative estimate of drug-likeness (QED) is 0.589. The van der Waals surface area contributed by atoms with Crippen LogP contribution in [0.25, 0.3) is 0 Å². The number of carbonyl (C=O) groups is 1. The molecule has 0 aliphatic rings. The van der Waals surface area contributed by atoms with Crippen molar-refractivity contribution in [2.24, 2.45) is 7.05 Å². The summed E-state index contributed by atoms with van der Waals surface area (Å²) < 4.78 is 5.58. The Bertz CT molecular complexity index is 468. The van der Waals surface area contributed by atoms with E-state index in [0.29, 0.717) is 0 Å². The van der Waals surface area contributed by atoms with Crippen molar-refractivity contribution in [2.75, 3.05) is 7.11 Å². The molecule has 0 N–H and O–H groups in total. The molecule has 0 unspecified atom stereocenters. The van der Waals surface area contributed by atoms with E-state index < -0.39 is 11.5 Å². The Labute approximate surface area is 80.1 Å². The Morgan fingerprint density at radius 3 is 2.79 bits per heavy atom. The standard InChI is InChI=1S/C9H8N2O3/c1-11-5-6(4-10)3-7(8(11)12)9(13)14-2/h3,5H,1-2H3. The predicted molar refractivity (Wildman–Crippen MR) is 47.7 cm³/mol. The zero-order valence-electron chi connectivity index (χ0n) is 7.77. The maximum atomic E-state index is 11.4. The third-order valence-electron chi connectivity index (χ3n) is 1.72. The van der Waals surface area contributed by atoms with Crippen molar-refractivity contribution in [3.8, 4) is 6.07 Å². The van der Waals surface area contributed by atoms with Gasteiger partial charge in [-0.3, -0.25) is 4.79 Å². The second-order valence-electron chi connectivity index (χ2n) is 2.66. The molecule has 0 aromatic carbocycles. The fourth-order valence-electron chi connectivity index (χ4n) is 1.03. The smallest absolute Gasteiger partial charge is 0.343 e. The van der Waals surface area contributed by atoms with Gasteiger partial charge in [0.05, 0.1) is 12.7 Å². The van der Waals surface area contributed by atoms with Gasteiger partial charge >= 0.3 is 5.97 Å². The summed E-state index contributed by atoms with van der Waals surface area (Å²) in [7, 11) is 2.65. The molecule has 0 saturated heterocycles. The van der Waals surface area contributed by atoms with Crippen LogP contribution in [0.2, 0.25) is 0 Å². The lowest BCUT2D eigenvalue weighted by Gasteiger charge is -2.02. The first-order valence-electron chi connectivity index (χ1n) is 3.79. The lowest BCUT2D eigenvalue weighted by Crippen LogP contribution is -2.24. The van der Waals surface area contributed by atoms with Crippen LogP contribution in [0.4, 0.5) is 0 Å². The van der Waals surface area contributed by atoms with Gasteiger partial charge in [-0.1, -0.05) is 0 Å². The van der Waals surface area contributed by atoms with Gasteiger partial charge in [-0.15, -0.1) is 0 Å². The molecule has 0 bridgehead atoms. The van der Waals surface area contributed by atoms with Gasteiger partial charge in [-0.25, -0.2) is 4.79 Å². The lowest BCUT2D eigenvalue weighted by molar-refractivity contribution is 0.0598. The maximum Gasteiger partial charge on any atom is 0.343 e. The van der Waals surface area contributed by atoms with Crippen molar-refractivity contribution in [3.63, 3.8) is 0 Å². The molecule has 0 spiro atoms. The van der Waals surface area contributed by atoms with Crippen LogP contribution in [-0.2, 0) is 11.8 Å². The highest BCUT2D eigenvalue weighted by Crippen LogP contribution is 1.99. The number of nitriles is 1. The molecule has 5 heteroatoms. The van der Waals surface area contributed by atoms with Crippen LogP contribution >= 0.6 is 0 Å². The summed E-state index contributed by atoms with van der Waals surface area (Å²) in [6.45, 7) is 0. The molecule has 0 fully saturated rings. The highest BCUT2D eigenvalue weighted by Gasteiger charge is 2.12. The number of aromatic nitrogens is 1. The third kappa shape index (κ3) is 1.64. The number of rotatable bonds is 1. The summed E-state index contributed by atoms with van der Waals surface area (Å²) >= 11 is 0. The number of carbonyl (C=O) groups excluding carboxylic acids is 1. The van der Waals surface area contributed by atoms with Crippen molar-refractivity contribution in [1.82, 2.24) is 4.57 Å². The molecule has 72 valence electrons. The Kier molecular flexibility index (Phi) is 2.67. The highest BCUT2D eigenvalue weighted by atomic mass is 16.5. The molecule has 1 rings (SSSR count). The van der Waals surface area contributed by atoms with Crippen LogP contribution in [0, 0.1) is 11.3 Å². The van der Waals surface area contributed by atoms with Gasteiger partial charge in [0.15, 0.2) is 0 Å². The van der Waals surface area contributed by atoms with Crippen molar-refractivity contribution >= 4 is 5.97 Å². The largest absolute Gasteiger partial charge is 0.465 e. The molecule has 0 aliphatic carbocycles. The molecule has 0 aliphatic heterocycles. The summed E-state index contributed by atoms with van der Waals surface area (Å²) in [6.07, 6.45) is 1.36. The van der Waals surface area contributed by atoms with E-state index in [1.165, 1.54) is 31.0 Å². The molecule has 5 nitrogen and oxygen atoms in total. The van der Waals surface area contributed by atoms with Gasteiger partial charge in [-0.2, -0.15) is 5.26 Å². The van der Waals surface area contributed by atoms with E-state index in [1.807, 2.05) is 6.07 Å². The van der Waals surface area contributed by atoms with Crippen molar-refractivity contribution in [2.45, 2.75) is 0 Å². The van der Waals surface area contributed by atoms with Gasteiger partial charge in [0, 0.05) is 13.2 Å². The predicted octanol–water partition coefficient (Wildman–Crippen LogP) is 0.0436. The van der Waals surface area contributed by atoms with Gasteiger partial charge in [0.2, 0.25) is 0 Å². The molecule has 0 saturated carbocycles. The SMILES string of the molecule is COC(=O)c1cc(C#N)cn(C)c1=O. The van der Waals surface area contributed by atoms with Gasteiger partial charge < -0.3 is 9.30 Å². The number of methoxy groups -OCH3 is 1. The lowest BCUT2D eigenvalue weighted by atomic mass is 10.2. The first kappa shape index (κ1) is 9.99. The van der Waals surface area contributed by atoms with Gasteiger partial charge in [0.1, 0.15) is 11.6 Å². The van der Waals surface area contributed by atoms with Gasteiger partial charge in [0.25, 0.3) is 5.56 Å². The number of nitrogens with zero attached hydrogens (tertiary/aromatic N) is 2. The van der Waals surface area contributed by atoms with Gasteiger partial charge in [-0.05, 0) is 6.07 Å². The Hall–Kier alpha value is -2.09. The normalized spacial score (nSPS) is 9.21. The second-order valence-corrected chi connectivity index (χ2v) is 2.66. The molecular weight excluding hydrogens is 184 g/mol. The third-order valence-corrected chi connectivity index (χ3v) is 1.72. The minimum Gasteiger partial charge on any atom is -0.465 e. The van der Waals surface area contributed by atoms with E-state index in [9.17, 15) is 9.59 Å². The van der Waals surface area contributed by atoms with E-state index >= 15 is 0 Å². The molecule has 0 atom stereocenters. The average molecular weight is 192 g/mol. The molecule has 1 aromatic heterocycles. The Balaban J connectivity index is 3.44. The summed E-state index contributed by atoms with van der Waals surface area (Å²) in [5, 5.41) is 8.61. The molecule has 1 aromatic rings. The minimum absolute atomic E-state index is 0.131. The zero-order chi connectivity index (χ0) is 10.7. The molecule has 0 radical (unpaired) electrons. The number of hydrogen-bond acceptors (Lipinski definition) is 4.